The zero-order valence-corrected chi connectivity index (χ0v) is 15.9. The molecule has 24 heavy (non-hydrogen) atoms. The highest BCUT2D eigenvalue weighted by atomic mass is 35.5. The summed E-state index contributed by atoms with van der Waals surface area (Å²) in [6.07, 6.45) is 1.11. The minimum atomic E-state index is -3.34. The van der Waals surface area contributed by atoms with Crippen molar-refractivity contribution in [1.29, 1.82) is 0 Å². The Labute approximate surface area is 152 Å². The molecule has 0 aromatic heterocycles. The molecule has 2 aromatic rings. The highest BCUT2D eigenvalue weighted by Gasteiger charge is 2.08. The Morgan fingerprint density at radius 1 is 1.08 bits per heavy atom. The molecule has 0 bridgehead atoms. The lowest BCUT2D eigenvalue weighted by molar-refractivity contribution is 0.607. The number of nitrogens with one attached hydrogen (secondary N) is 3. The molecule has 0 fully saturated rings. The van der Waals surface area contributed by atoms with Gasteiger partial charge < -0.3 is 10.6 Å². The van der Waals surface area contributed by atoms with Gasteiger partial charge in [0.2, 0.25) is 10.0 Å². The average Bonchev–Trinajstić information content (AvgIpc) is 2.46. The average molecular weight is 384 g/mol. The van der Waals surface area contributed by atoms with Gasteiger partial charge in [-0.3, -0.25) is 4.72 Å². The molecule has 3 N–H and O–H groups in total. The summed E-state index contributed by atoms with van der Waals surface area (Å²) in [5.41, 5.74) is 3.81. The highest BCUT2D eigenvalue weighted by Crippen LogP contribution is 2.24. The summed E-state index contributed by atoms with van der Waals surface area (Å²) in [6, 6.07) is 10.7. The summed E-state index contributed by atoms with van der Waals surface area (Å²) in [5.74, 6) is 0. The molecule has 2 rings (SSSR count). The lowest BCUT2D eigenvalue weighted by atomic mass is 10.2. The van der Waals surface area contributed by atoms with E-state index in [0.717, 1.165) is 23.1 Å². The number of benzene rings is 2. The number of hydrogen-bond donors (Lipinski definition) is 3. The standard InChI is InChI=1S/C16H18ClN3O2S2/c1-10-7-8-12(20-24(3,21)22)9-15(10)19-16(23)18-14-6-4-5-13(17)11(14)2/h4-9,20H,1-3H3,(H2,18,19,23). The van der Waals surface area contributed by atoms with E-state index in [2.05, 4.69) is 15.4 Å². The minimum Gasteiger partial charge on any atom is -0.332 e. The third-order valence-corrected chi connectivity index (χ3v) is 4.52. The van der Waals surface area contributed by atoms with Gasteiger partial charge in [-0.1, -0.05) is 23.7 Å². The van der Waals surface area contributed by atoms with Crippen LogP contribution >= 0.6 is 23.8 Å². The Morgan fingerprint density at radius 3 is 2.42 bits per heavy atom. The van der Waals surface area contributed by atoms with Gasteiger partial charge >= 0.3 is 0 Å². The lowest BCUT2D eigenvalue weighted by Crippen LogP contribution is -2.20. The van der Waals surface area contributed by atoms with Crippen molar-refractivity contribution in [3.8, 4) is 0 Å². The molecule has 0 radical (unpaired) electrons. The van der Waals surface area contributed by atoms with Gasteiger partial charge in [0, 0.05) is 16.4 Å². The topological polar surface area (TPSA) is 70.2 Å². The Morgan fingerprint density at radius 2 is 1.75 bits per heavy atom. The molecule has 128 valence electrons. The second-order valence-electron chi connectivity index (χ2n) is 5.40. The first kappa shape index (κ1) is 18.5. The normalized spacial score (nSPS) is 11.0. The molecule has 0 amide bonds. The summed E-state index contributed by atoms with van der Waals surface area (Å²) in [7, 11) is -3.34. The van der Waals surface area contributed by atoms with Crippen LogP contribution in [0.2, 0.25) is 5.02 Å². The molecule has 0 heterocycles. The zero-order valence-electron chi connectivity index (χ0n) is 13.5. The van der Waals surface area contributed by atoms with Crippen LogP contribution in [0.4, 0.5) is 17.1 Å². The Kier molecular flexibility index (Phi) is 5.69. The lowest BCUT2D eigenvalue weighted by Gasteiger charge is -2.15. The predicted octanol–water partition coefficient (Wildman–Crippen LogP) is 4.14. The maximum atomic E-state index is 11.3. The molecular formula is C16H18ClN3O2S2. The number of halogens is 1. The Balaban J connectivity index is 2.16. The van der Waals surface area contributed by atoms with Crippen LogP contribution in [-0.4, -0.2) is 19.8 Å². The van der Waals surface area contributed by atoms with Gasteiger partial charge in [0.1, 0.15) is 0 Å². The number of aryl methyl sites for hydroxylation is 1. The van der Waals surface area contributed by atoms with Gasteiger partial charge in [-0.15, -0.1) is 0 Å². The van der Waals surface area contributed by atoms with Gasteiger partial charge in [-0.25, -0.2) is 8.42 Å². The minimum absolute atomic E-state index is 0.389. The zero-order chi connectivity index (χ0) is 17.9. The number of hydrogen-bond acceptors (Lipinski definition) is 3. The van der Waals surface area contributed by atoms with E-state index in [9.17, 15) is 8.42 Å². The number of sulfonamides is 1. The van der Waals surface area contributed by atoms with Crippen LogP contribution in [0.5, 0.6) is 0 Å². The largest absolute Gasteiger partial charge is 0.332 e. The van der Waals surface area contributed by atoms with Crippen LogP contribution in [0.3, 0.4) is 0 Å². The molecule has 0 saturated carbocycles. The van der Waals surface area contributed by atoms with Crippen molar-refractivity contribution < 1.29 is 8.42 Å². The van der Waals surface area contributed by atoms with Crippen LogP contribution in [0.25, 0.3) is 0 Å². The molecule has 2 aromatic carbocycles. The van der Waals surface area contributed by atoms with E-state index in [1.807, 2.05) is 38.1 Å². The second-order valence-corrected chi connectivity index (χ2v) is 7.96. The van der Waals surface area contributed by atoms with Gasteiger partial charge in [-0.05, 0) is 61.5 Å². The summed E-state index contributed by atoms with van der Waals surface area (Å²) in [6.45, 7) is 3.80. The van der Waals surface area contributed by atoms with Crippen molar-refractivity contribution >= 4 is 56.0 Å². The van der Waals surface area contributed by atoms with Crippen molar-refractivity contribution in [2.45, 2.75) is 13.8 Å². The highest BCUT2D eigenvalue weighted by molar-refractivity contribution is 7.92. The van der Waals surface area contributed by atoms with Gasteiger partial charge in [-0.2, -0.15) is 0 Å². The first-order valence-electron chi connectivity index (χ1n) is 7.07. The molecule has 0 spiro atoms. The second kappa shape index (κ2) is 7.38. The molecule has 0 aliphatic carbocycles. The summed E-state index contributed by atoms with van der Waals surface area (Å²) >= 11 is 11.4. The summed E-state index contributed by atoms with van der Waals surface area (Å²) in [4.78, 5) is 0. The fraction of sp³-hybridized carbons (Fsp3) is 0.188. The number of rotatable bonds is 4. The van der Waals surface area contributed by atoms with Crippen LogP contribution < -0.4 is 15.4 Å². The molecule has 0 aliphatic heterocycles. The third kappa shape index (κ3) is 5.09. The fourth-order valence-electron chi connectivity index (χ4n) is 2.05. The van der Waals surface area contributed by atoms with Crippen LogP contribution in [0.1, 0.15) is 11.1 Å². The van der Waals surface area contributed by atoms with Crippen LogP contribution in [-0.2, 0) is 10.0 Å². The van der Waals surface area contributed by atoms with Crippen molar-refractivity contribution in [1.82, 2.24) is 0 Å². The van der Waals surface area contributed by atoms with E-state index >= 15 is 0 Å². The summed E-state index contributed by atoms with van der Waals surface area (Å²) in [5, 5.41) is 7.21. The molecular weight excluding hydrogens is 366 g/mol. The molecule has 0 aliphatic rings. The summed E-state index contributed by atoms with van der Waals surface area (Å²) < 4.78 is 25.1. The van der Waals surface area contributed by atoms with E-state index in [1.165, 1.54) is 0 Å². The van der Waals surface area contributed by atoms with Gasteiger partial charge in [0.15, 0.2) is 5.11 Å². The van der Waals surface area contributed by atoms with E-state index in [0.29, 0.717) is 21.5 Å². The number of anilines is 3. The van der Waals surface area contributed by atoms with Crippen molar-refractivity contribution in [3.63, 3.8) is 0 Å². The molecule has 0 saturated heterocycles. The Hall–Kier alpha value is -1.83. The van der Waals surface area contributed by atoms with E-state index in [4.69, 9.17) is 23.8 Å². The molecule has 0 atom stereocenters. The third-order valence-electron chi connectivity index (χ3n) is 3.30. The SMILES string of the molecule is Cc1ccc(NS(C)(=O)=O)cc1NC(=S)Nc1cccc(Cl)c1C. The fourth-order valence-corrected chi connectivity index (χ4v) is 3.00. The number of thiocarbonyl (C=S) groups is 1. The van der Waals surface area contributed by atoms with Crippen molar-refractivity contribution in [2.24, 2.45) is 0 Å². The monoisotopic (exact) mass is 383 g/mol. The van der Waals surface area contributed by atoms with E-state index in [-0.39, 0.29) is 0 Å². The maximum absolute atomic E-state index is 11.3. The first-order valence-corrected chi connectivity index (χ1v) is 9.75. The quantitative estimate of drug-likeness (QED) is 0.692. The Bertz CT molecular complexity index is 883. The van der Waals surface area contributed by atoms with Crippen molar-refractivity contribution in [3.05, 3.63) is 52.5 Å². The van der Waals surface area contributed by atoms with Crippen LogP contribution in [0, 0.1) is 13.8 Å². The van der Waals surface area contributed by atoms with Crippen molar-refractivity contribution in [2.75, 3.05) is 21.6 Å². The van der Waals surface area contributed by atoms with Crippen LogP contribution in [0.15, 0.2) is 36.4 Å². The first-order chi connectivity index (χ1) is 11.2. The molecule has 0 unspecified atom stereocenters. The van der Waals surface area contributed by atoms with E-state index in [1.54, 1.807) is 12.1 Å². The smallest absolute Gasteiger partial charge is 0.229 e. The predicted molar refractivity (Wildman–Crippen MR) is 106 cm³/mol. The molecule has 8 heteroatoms. The molecule has 5 nitrogen and oxygen atoms in total. The maximum Gasteiger partial charge on any atom is 0.229 e. The van der Waals surface area contributed by atoms with Gasteiger partial charge in [0.05, 0.1) is 11.9 Å². The van der Waals surface area contributed by atoms with Gasteiger partial charge in [0.25, 0.3) is 0 Å². The van der Waals surface area contributed by atoms with E-state index < -0.39 is 10.0 Å².